The van der Waals surface area contributed by atoms with E-state index >= 15 is 0 Å². The van der Waals surface area contributed by atoms with Crippen LogP contribution < -0.4 is 4.74 Å². The van der Waals surface area contributed by atoms with Crippen LogP contribution in [0.4, 0.5) is 0 Å². The lowest BCUT2D eigenvalue weighted by Gasteiger charge is -2.36. The summed E-state index contributed by atoms with van der Waals surface area (Å²) in [6, 6.07) is 7.44. The topological polar surface area (TPSA) is 32.7 Å². The predicted molar refractivity (Wildman–Crippen MR) is 91.6 cm³/mol. The number of nitrogens with zero attached hydrogens (tertiary/aromatic N) is 1. The summed E-state index contributed by atoms with van der Waals surface area (Å²) in [5.74, 6) is 1.20. The molecule has 0 aliphatic carbocycles. The molecule has 0 aromatic heterocycles. The third-order valence-corrected chi connectivity index (χ3v) is 4.71. The molecule has 1 aliphatic heterocycles. The SMILES string of the molecule is CCCCCN1CC[C@H](CCOc2ccc(Cl)cc2)[C@@H](O)C1. The molecule has 0 radical (unpaired) electrons. The van der Waals surface area contributed by atoms with Gasteiger partial charge < -0.3 is 14.7 Å². The number of unbranched alkanes of at least 4 members (excludes halogenated alkanes) is 2. The average molecular weight is 326 g/mol. The van der Waals surface area contributed by atoms with Gasteiger partial charge in [-0.2, -0.15) is 0 Å². The highest BCUT2D eigenvalue weighted by Crippen LogP contribution is 2.22. The van der Waals surface area contributed by atoms with Crippen LogP contribution in [0.25, 0.3) is 0 Å². The second-order valence-corrected chi connectivity index (χ2v) is 6.65. The molecule has 4 heteroatoms. The number of piperidine rings is 1. The van der Waals surface area contributed by atoms with Crippen molar-refractivity contribution in [3.63, 3.8) is 0 Å². The lowest BCUT2D eigenvalue weighted by Crippen LogP contribution is -2.44. The third-order valence-electron chi connectivity index (χ3n) is 4.45. The van der Waals surface area contributed by atoms with Crippen LogP contribution in [0.2, 0.25) is 5.02 Å². The summed E-state index contributed by atoms with van der Waals surface area (Å²) < 4.78 is 5.73. The maximum Gasteiger partial charge on any atom is 0.119 e. The molecule has 3 nitrogen and oxygen atoms in total. The Morgan fingerprint density at radius 3 is 2.73 bits per heavy atom. The highest BCUT2D eigenvalue weighted by atomic mass is 35.5. The van der Waals surface area contributed by atoms with Gasteiger partial charge in [0.2, 0.25) is 0 Å². The van der Waals surface area contributed by atoms with Crippen molar-refractivity contribution < 1.29 is 9.84 Å². The van der Waals surface area contributed by atoms with Crippen molar-refractivity contribution in [3.05, 3.63) is 29.3 Å². The molecule has 124 valence electrons. The molecular formula is C18H28ClNO2. The summed E-state index contributed by atoms with van der Waals surface area (Å²) in [5, 5.41) is 11.0. The van der Waals surface area contributed by atoms with Gasteiger partial charge in [-0.1, -0.05) is 31.4 Å². The Labute approximate surface area is 139 Å². The van der Waals surface area contributed by atoms with Crippen LogP contribution in [0.5, 0.6) is 5.75 Å². The summed E-state index contributed by atoms with van der Waals surface area (Å²) in [4.78, 5) is 2.40. The highest BCUT2D eigenvalue weighted by molar-refractivity contribution is 6.30. The number of rotatable bonds is 8. The molecule has 1 heterocycles. The minimum Gasteiger partial charge on any atom is -0.494 e. The van der Waals surface area contributed by atoms with E-state index in [0.29, 0.717) is 12.5 Å². The van der Waals surface area contributed by atoms with E-state index in [1.54, 1.807) is 0 Å². The van der Waals surface area contributed by atoms with E-state index < -0.39 is 0 Å². The van der Waals surface area contributed by atoms with Crippen molar-refractivity contribution in [1.82, 2.24) is 4.90 Å². The number of β-amino-alcohol motifs (C(OH)–C–C–N with tert-alkyl or cyclic N) is 1. The van der Waals surface area contributed by atoms with E-state index in [4.69, 9.17) is 16.3 Å². The number of likely N-dealkylation sites (tertiary alicyclic amines) is 1. The molecule has 1 saturated heterocycles. The fraction of sp³-hybridized carbons (Fsp3) is 0.667. The zero-order chi connectivity index (χ0) is 15.8. The van der Waals surface area contributed by atoms with Gasteiger partial charge in [-0.05, 0) is 62.5 Å². The van der Waals surface area contributed by atoms with Crippen molar-refractivity contribution in [1.29, 1.82) is 0 Å². The normalized spacial score (nSPS) is 22.7. The minimum atomic E-state index is -0.218. The van der Waals surface area contributed by atoms with Gasteiger partial charge in [-0.3, -0.25) is 0 Å². The molecule has 1 aliphatic rings. The quantitative estimate of drug-likeness (QED) is 0.734. The molecule has 1 fully saturated rings. The second kappa shape index (κ2) is 9.39. The van der Waals surface area contributed by atoms with Crippen molar-refractivity contribution in [2.24, 2.45) is 5.92 Å². The molecule has 2 atom stereocenters. The predicted octanol–water partition coefficient (Wildman–Crippen LogP) is 3.98. The number of benzene rings is 1. The first-order valence-electron chi connectivity index (χ1n) is 8.48. The molecule has 1 aromatic carbocycles. The maximum atomic E-state index is 10.3. The van der Waals surface area contributed by atoms with Crippen LogP contribution in [0.3, 0.4) is 0 Å². The van der Waals surface area contributed by atoms with Gasteiger partial charge in [0.1, 0.15) is 5.75 Å². The van der Waals surface area contributed by atoms with Crippen molar-refractivity contribution in [3.8, 4) is 5.75 Å². The number of hydrogen-bond acceptors (Lipinski definition) is 3. The number of halogens is 1. The van der Waals surface area contributed by atoms with E-state index in [9.17, 15) is 5.11 Å². The first-order chi connectivity index (χ1) is 10.7. The Bertz CT molecular complexity index is 424. The van der Waals surface area contributed by atoms with E-state index in [2.05, 4.69) is 11.8 Å². The Kier molecular flexibility index (Phi) is 7.50. The minimum absolute atomic E-state index is 0.218. The van der Waals surface area contributed by atoms with Crippen molar-refractivity contribution >= 4 is 11.6 Å². The van der Waals surface area contributed by atoms with Crippen LogP contribution in [-0.2, 0) is 0 Å². The van der Waals surface area contributed by atoms with E-state index in [1.165, 1.54) is 19.3 Å². The highest BCUT2D eigenvalue weighted by Gasteiger charge is 2.27. The van der Waals surface area contributed by atoms with E-state index in [1.807, 2.05) is 24.3 Å². The lowest BCUT2D eigenvalue weighted by atomic mass is 9.91. The van der Waals surface area contributed by atoms with Crippen molar-refractivity contribution in [2.45, 2.75) is 45.1 Å². The van der Waals surface area contributed by atoms with Gasteiger partial charge in [0.05, 0.1) is 12.7 Å². The van der Waals surface area contributed by atoms with Crippen LogP contribution in [0, 0.1) is 5.92 Å². The fourth-order valence-corrected chi connectivity index (χ4v) is 3.16. The van der Waals surface area contributed by atoms with Gasteiger partial charge in [0.15, 0.2) is 0 Å². The van der Waals surface area contributed by atoms with E-state index in [0.717, 1.165) is 43.2 Å². The summed E-state index contributed by atoms with van der Waals surface area (Å²) in [5.41, 5.74) is 0. The summed E-state index contributed by atoms with van der Waals surface area (Å²) in [6.07, 6.45) is 5.54. The van der Waals surface area contributed by atoms with Crippen LogP contribution in [0.1, 0.15) is 39.0 Å². The van der Waals surface area contributed by atoms with Crippen LogP contribution in [0.15, 0.2) is 24.3 Å². The third kappa shape index (κ3) is 5.79. The Morgan fingerprint density at radius 1 is 1.27 bits per heavy atom. The Morgan fingerprint density at radius 2 is 2.05 bits per heavy atom. The summed E-state index contributed by atoms with van der Waals surface area (Å²) in [7, 11) is 0. The largest absolute Gasteiger partial charge is 0.494 e. The second-order valence-electron chi connectivity index (χ2n) is 6.21. The first kappa shape index (κ1) is 17.6. The fourth-order valence-electron chi connectivity index (χ4n) is 3.03. The molecular weight excluding hydrogens is 298 g/mol. The number of hydrogen-bond donors (Lipinski definition) is 1. The molecule has 0 amide bonds. The molecule has 0 unspecified atom stereocenters. The molecule has 1 N–H and O–H groups in total. The monoisotopic (exact) mass is 325 g/mol. The summed E-state index contributed by atoms with van der Waals surface area (Å²) in [6.45, 7) is 5.92. The van der Waals surface area contributed by atoms with Gasteiger partial charge in [0.25, 0.3) is 0 Å². The van der Waals surface area contributed by atoms with Gasteiger partial charge in [-0.25, -0.2) is 0 Å². The summed E-state index contributed by atoms with van der Waals surface area (Å²) >= 11 is 5.85. The maximum absolute atomic E-state index is 10.3. The molecule has 0 spiro atoms. The molecule has 2 rings (SSSR count). The van der Waals surface area contributed by atoms with Gasteiger partial charge in [0, 0.05) is 11.6 Å². The molecule has 0 bridgehead atoms. The molecule has 1 aromatic rings. The van der Waals surface area contributed by atoms with Crippen molar-refractivity contribution in [2.75, 3.05) is 26.2 Å². The smallest absolute Gasteiger partial charge is 0.119 e. The molecule has 0 saturated carbocycles. The van der Waals surface area contributed by atoms with Crippen LogP contribution >= 0.6 is 11.6 Å². The van der Waals surface area contributed by atoms with Gasteiger partial charge >= 0.3 is 0 Å². The zero-order valence-electron chi connectivity index (χ0n) is 13.5. The average Bonchev–Trinajstić information content (AvgIpc) is 2.51. The standard InChI is InChI=1S/C18H28ClNO2/c1-2-3-4-11-20-12-9-15(18(21)14-20)10-13-22-17-7-5-16(19)6-8-17/h5-8,15,18,21H,2-4,9-14H2,1H3/t15-,18+/m1/s1. The van der Waals surface area contributed by atoms with Crippen LogP contribution in [-0.4, -0.2) is 42.4 Å². The van der Waals surface area contributed by atoms with Gasteiger partial charge in [-0.15, -0.1) is 0 Å². The number of aliphatic hydroxyl groups excluding tert-OH is 1. The van der Waals surface area contributed by atoms with E-state index in [-0.39, 0.29) is 6.10 Å². The zero-order valence-corrected chi connectivity index (χ0v) is 14.3. The first-order valence-corrected chi connectivity index (χ1v) is 8.85. The Hall–Kier alpha value is -0.770. The number of ether oxygens (including phenoxy) is 1. The lowest BCUT2D eigenvalue weighted by molar-refractivity contribution is 0.0129. The molecule has 22 heavy (non-hydrogen) atoms. The number of aliphatic hydroxyl groups is 1. The Balaban J connectivity index is 1.65.